The van der Waals surface area contributed by atoms with E-state index in [4.69, 9.17) is 37.0 Å². The second kappa shape index (κ2) is 64.8. The monoisotopic (exact) mass is 1310 g/mol. The third kappa shape index (κ3) is 64.6. The van der Waals surface area contributed by atoms with Crippen molar-refractivity contribution in [2.75, 3.05) is 39.6 Å². The first-order valence-electron chi connectivity index (χ1n) is 36.8. The lowest BCUT2D eigenvalue weighted by Crippen LogP contribution is -2.30. The molecule has 0 aromatic carbocycles. The molecular weight excluding hydrogens is 1170 g/mol. The van der Waals surface area contributed by atoms with Crippen LogP contribution < -0.4 is 0 Å². The van der Waals surface area contributed by atoms with Crippen molar-refractivity contribution in [1.29, 1.82) is 0 Å². The standard InChI is InChI=1S/C70H136O17P2/c1-5-9-13-17-21-25-28-30-32-34-36-40-43-47-51-55-68(73)81-60-65(86-69(74)56-52-48-44-38-24-20-16-12-8-4)62-84-88(76,77)82-58-64(71)59-83-89(78,79)85-63-66(61-80-67(72)54-50-46-42-39-27-23-19-15-11-7-3)87-70(75)57-53-49-45-41-37-35-33-31-29-26-22-18-14-10-6-2/h64-66,71H,5-63H2,1-4H3,(H,76,77)(H,78,79)/t64-,65+,66+/m0/s1. The lowest BCUT2D eigenvalue weighted by Gasteiger charge is -2.21. The fourth-order valence-electron chi connectivity index (χ4n) is 10.7. The van der Waals surface area contributed by atoms with E-state index in [9.17, 15) is 43.2 Å². The Bertz CT molecular complexity index is 1710. The molecule has 0 bridgehead atoms. The summed E-state index contributed by atoms with van der Waals surface area (Å²) < 4.78 is 68.2. The summed E-state index contributed by atoms with van der Waals surface area (Å²) in [5.41, 5.74) is 0. The second-order valence-corrected chi connectivity index (χ2v) is 28.2. The van der Waals surface area contributed by atoms with Crippen molar-refractivity contribution >= 4 is 39.5 Å². The van der Waals surface area contributed by atoms with Gasteiger partial charge in [0.25, 0.3) is 0 Å². The highest BCUT2D eigenvalue weighted by atomic mass is 31.2. The van der Waals surface area contributed by atoms with E-state index >= 15 is 0 Å². The minimum Gasteiger partial charge on any atom is -0.462 e. The Kier molecular flexibility index (Phi) is 63.3. The van der Waals surface area contributed by atoms with E-state index in [1.807, 2.05) is 0 Å². The number of hydrogen-bond acceptors (Lipinski definition) is 15. The fraction of sp³-hybridized carbons (Fsp3) is 0.943. The number of carbonyl (C=O) groups is 4. The van der Waals surface area contributed by atoms with Crippen LogP contribution in [0.25, 0.3) is 0 Å². The van der Waals surface area contributed by atoms with Gasteiger partial charge in [0.2, 0.25) is 0 Å². The average molecular weight is 1310 g/mol. The molecule has 528 valence electrons. The first-order valence-corrected chi connectivity index (χ1v) is 39.8. The predicted octanol–water partition coefficient (Wildman–Crippen LogP) is 20.3. The number of carbonyl (C=O) groups excluding carboxylic acids is 4. The number of esters is 4. The fourth-order valence-corrected chi connectivity index (χ4v) is 12.3. The quantitative estimate of drug-likeness (QED) is 0.0222. The Morgan fingerprint density at radius 2 is 0.449 bits per heavy atom. The van der Waals surface area contributed by atoms with E-state index < -0.39 is 97.5 Å². The van der Waals surface area contributed by atoms with Gasteiger partial charge < -0.3 is 33.8 Å². The molecule has 19 heteroatoms. The van der Waals surface area contributed by atoms with Crippen LogP contribution >= 0.6 is 15.6 Å². The van der Waals surface area contributed by atoms with Gasteiger partial charge >= 0.3 is 39.5 Å². The van der Waals surface area contributed by atoms with E-state index in [1.165, 1.54) is 199 Å². The summed E-state index contributed by atoms with van der Waals surface area (Å²) in [7, 11) is -9.89. The molecule has 0 aliphatic carbocycles. The number of unbranched alkanes of at least 4 members (excludes halogenated alkanes) is 45. The number of hydrogen-bond donors (Lipinski definition) is 3. The maximum Gasteiger partial charge on any atom is 0.472 e. The van der Waals surface area contributed by atoms with Crippen LogP contribution in [0, 0.1) is 0 Å². The number of phosphoric acid groups is 2. The van der Waals surface area contributed by atoms with Crippen molar-refractivity contribution in [3.05, 3.63) is 0 Å². The lowest BCUT2D eigenvalue weighted by atomic mass is 10.0. The molecule has 0 aliphatic heterocycles. The lowest BCUT2D eigenvalue weighted by molar-refractivity contribution is -0.161. The molecule has 0 heterocycles. The molecule has 89 heavy (non-hydrogen) atoms. The second-order valence-electron chi connectivity index (χ2n) is 25.3. The van der Waals surface area contributed by atoms with Gasteiger partial charge in [-0.05, 0) is 25.7 Å². The molecule has 3 N–H and O–H groups in total. The van der Waals surface area contributed by atoms with Crippen LogP contribution in [0.15, 0.2) is 0 Å². The van der Waals surface area contributed by atoms with Crippen LogP contribution in [-0.2, 0) is 65.4 Å². The zero-order chi connectivity index (χ0) is 65.4. The smallest absolute Gasteiger partial charge is 0.462 e. The summed E-state index contributed by atoms with van der Waals surface area (Å²) in [6.45, 7) is 4.93. The molecule has 0 rings (SSSR count). The van der Waals surface area contributed by atoms with Gasteiger partial charge in [0, 0.05) is 25.7 Å². The zero-order valence-electron chi connectivity index (χ0n) is 57.4. The molecular formula is C70H136O17P2. The molecule has 2 unspecified atom stereocenters. The van der Waals surface area contributed by atoms with Gasteiger partial charge in [-0.15, -0.1) is 0 Å². The van der Waals surface area contributed by atoms with E-state index in [-0.39, 0.29) is 25.7 Å². The van der Waals surface area contributed by atoms with Gasteiger partial charge in [-0.25, -0.2) is 9.13 Å². The van der Waals surface area contributed by atoms with Gasteiger partial charge in [0.15, 0.2) is 12.2 Å². The maximum absolute atomic E-state index is 13.0. The molecule has 17 nitrogen and oxygen atoms in total. The Hall–Kier alpha value is -1.94. The van der Waals surface area contributed by atoms with Crippen LogP contribution in [0.1, 0.15) is 368 Å². The van der Waals surface area contributed by atoms with Crippen molar-refractivity contribution in [1.82, 2.24) is 0 Å². The summed E-state index contributed by atoms with van der Waals surface area (Å²) in [4.78, 5) is 72.5. The van der Waals surface area contributed by atoms with Crippen LogP contribution in [0.3, 0.4) is 0 Å². The Labute approximate surface area is 543 Å². The van der Waals surface area contributed by atoms with Gasteiger partial charge in [0.05, 0.1) is 26.4 Å². The van der Waals surface area contributed by atoms with Gasteiger partial charge in [0.1, 0.15) is 19.3 Å². The minimum atomic E-state index is -4.95. The first-order chi connectivity index (χ1) is 43.2. The average Bonchev–Trinajstić information content (AvgIpc) is 3.59. The third-order valence-electron chi connectivity index (χ3n) is 16.4. The Balaban J connectivity index is 5.19. The largest absolute Gasteiger partial charge is 0.472 e. The summed E-state index contributed by atoms with van der Waals surface area (Å²) in [6.07, 6.45) is 52.6. The molecule has 0 fully saturated rings. The SMILES string of the molecule is CCCCCCCCCCCCCCCCCC(=O)OC[C@H](COP(=O)(O)OC[C@H](O)COP(=O)(O)OC[C@@H](COC(=O)CCCCCCCCCCCC)OC(=O)CCCCCCCCCCCCCCCCC)OC(=O)CCCCCCCCCCC. The molecule has 0 saturated heterocycles. The topological polar surface area (TPSA) is 237 Å². The summed E-state index contributed by atoms with van der Waals surface area (Å²) in [6, 6.07) is 0. The van der Waals surface area contributed by atoms with Crippen molar-refractivity contribution in [3.8, 4) is 0 Å². The van der Waals surface area contributed by atoms with Crippen molar-refractivity contribution in [2.24, 2.45) is 0 Å². The van der Waals surface area contributed by atoms with Gasteiger partial charge in [-0.3, -0.25) is 37.3 Å². The van der Waals surface area contributed by atoms with Crippen molar-refractivity contribution in [3.63, 3.8) is 0 Å². The van der Waals surface area contributed by atoms with E-state index in [0.29, 0.717) is 25.7 Å². The van der Waals surface area contributed by atoms with Crippen LogP contribution in [0.4, 0.5) is 0 Å². The maximum atomic E-state index is 13.0. The number of rotatable bonds is 71. The first kappa shape index (κ1) is 87.1. The van der Waals surface area contributed by atoms with E-state index in [0.717, 1.165) is 89.9 Å². The molecule has 0 amide bonds. The van der Waals surface area contributed by atoms with Crippen molar-refractivity contribution < 1.29 is 80.2 Å². The highest BCUT2D eigenvalue weighted by molar-refractivity contribution is 7.47. The summed E-state index contributed by atoms with van der Waals surface area (Å²) in [5, 5.41) is 10.6. The van der Waals surface area contributed by atoms with E-state index in [2.05, 4.69) is 27.7 Å². The number of ether oxygens (including phenoxy) is 4. The zero-order valence-corrected chi connectivity index (χ0v) is 59.2. The normalized spacial score (nSPS) is 14.0. The van der Waals surface area contributed by atoms with E-state index in [1.54, 1.807) is 0 Å². The number of aliphatic hydroxyl groups excluding tert-OH is 1. The molecule has 0 aromatic rings. The Morgan fingerprint density at radius 1 is 0.270 bits per heavy atom. The number of phosphoric ester groups is 2. The molecule has 0 aliphatic rings. The molecule has 0 radical (unpaired) electrons. The minimum absolute atomic E-state index is 0.107. The third-order valence-corrected chi connectivity index (χ3v) is 18.3. The van der Waals surface area contributed by atoms with Crippen LogP contribution in [0.2, 0.25) is 0 Å². The Morgan fingerprint density at radius 3 is 0.663 bits per heavy atom. The molecule has 0 spiro atoms. The van der Waals surface area contributed by atoms with Crippen molar-refractivity contribution in [2.45, 2.75) is 386 Å². The van der Waals surface area contributed by atoms with Crippen LogP contribution in [0.5, 0.6) is 0 Å². The molecule has 0 saturated carbocycles. The van der Waals surface area contributed by atoms with Gasteiger partial charge in [-0.2, -0.15) is 0 Å². The van der Waals surface area contributed by atoms with Crippen LogP contribution in [-0.4, -0.2) is 96.7 Å². The van der Waals surface area contributed by atoms with Gasteiger partial charge in [-0.1, -0.05) is 317 Å². The summed E-state index contributed by atoms with van der Waals surface area (Å²) in [5.74, 6) is -2.12. The summed E-state index contributed by atoms with van der Waals surface area (Å²) >= 11 is 0. The highest BCUT2D eigenvalue weighted by Crippen LogP contribution is 2.45. The predicted molar refractivity (Wildman–Crippen MR) is 359 cm³/mol. The molecule has 5 atom stereocenters. The highest BCUT2D eigenvalue weighted by Gasteiger charge is 2.30. The molecule has 0 aromatic heterocycles. The number of aliphatic hydroxyl groups is 1.